The highest BCUT2D eigenvalue weighted by molar-refractivity contribution is 7.98. The van der Waals surface area contributed by atoms with Gasteiger partial charge in [0, 0.05) is 5.25 Å². The van der Waals surface area contributed by atoms with Gasteiger partial charge in [0.25, 0.3) is 0 Å². The lowest BCUT2D eigenvalue weighted by Crippen LogP contribution is -1.93. The first kappa shape index (κ1) is 13.5. The minimum atomic E-state index is 0.621. The van der Waals surface area contributed by atoms with Gasteiger partial charge in [-0.25, -0.2) is 0 Å². The van der Waals surface area contributed by atoms with Crippen molar-refractivity contribution in [2.24, 2.45) is 0 Å². The molecule has 0 N–H and O–H groups in total. The Labute approximate surface area is 125 Å². The Hall–Kier alpha value is -1.47. The molecule has 0 aliphatic heterocycles. The van der Waals surface area contributed by atoms with E-state index in [0.717, 1.165) is 0 Å². The minimum absolute atomic E-state index is 0.621. The Morgan fingerprint density at radius 1 is 0.850 bits per heavy atom. The molecule has 20 heavy (non-hydrogen) atoms. The van der Waals surface area contributed by atoms with Crippen LogP contribution in [0.4, 0.5) is 0 Å². The van der Waals surface area contributed by atoms with Gasteiger partial charge in [0.1, 0.15) is 0 Å². The Morgan fingerprint density at radius 3 is 2.15 bits per heavy atom. The van der Waals surface area contributed by atoms with E-state index in [9.17, 15) is 0 Å². The first-order valence-electron chi connectivity index (χ1n) is 7.27. The molecule has 0 aliphatic carbocycles. The summed E-state index contributed by atoms with van der Waals surface area (Å²) in [5.41, 5.74) is 1.46. The van der Waals surface area contributed by atoms with Gasteiger partial charge in [-0.1, -0.05) is 55.8 Å². The van der Waals surface area contributed by atoms with Gasteiger partial charge in [-0.3, -0.25) is 0 Å². The molecule has 0 heterocycles. The summed E-state index contributed by atoms with van der Waals surface area (Å²) >= 11 is 1.96. The number of fused-ring (bicyclic) bond motifs is 2. The zero-order valence-corrected chi connectivity index (χ0v) is 12.9. The first-order chi connectivity index (χ1) is 9.81. The van der Waals surface area contributed by atoms with Crippen LogP contribution < -0.4 is 0 Å². The second-order valence-corrected chi connectivity index (χ2v) is 6.36. The Bertz CT molecular complexity index is 730. The highest BCUT2D eigenvalue weighted by Gasteiger charge is 2.09. The van der Waals surface area contributed by atoms with Crippen LogP contribution in [0.5, 0.6) is 0 Å². The fourth-order valence-corrected chi connectivity index (χ4v) is 3.73. The van der Waals surface area contributed by atoms with Gasteiger partial charge in [-0.2, -0.15) is 11.8 Å². The second kappa shape index (κ2) is 5.88. The van der Waals surface area contributed by atoms with Crippen LogP contribution in [-0.2, 0) is 0 Å². The van der Waals surface area contributed by atoms with Crippen molar-refractivity contribution in [2.75, 3.05) is 6.26 Å². The van der Waals surface area contributed by atoms with E-state index >= 15 is 0 Å². The number of rotatable bonds is 4. The van der Waals surface area contributed by atoms with Crippen molar-refractivity contribution in [1.82, 2.24) is 0 Å². The van der Waals surface area contributed by atoms with Crippen molar-refractivity contribution >= 4 is 33.3 Å². The number of hydrogen-bond acceptors (Lipinski definition) is 1. The van der Waals surface area contributed by atoms with Crippen LogP contribution >= 0.6 is 11.8 Å². The maximum atomic E-state index is 2.37. The molecule has 1 heteroatoms. The van der Waals surface area contributed by atoms with E-state index in [4.69, 9.17) is 0 Å². The van der Waals surface area contributed by atoms with Crippen molar-refractivity contribution in [3.63, 3.8) is 0 Å². The fraction of sp³-hybridized carbons (Fsp3) is 0.263. The molecule has 0 bridgehead atoms. The zero-order chi connectivity index (χ0) is 13.9. The van der Waals surface area contributed by atoms with Crippen LogP contribution in [0.1, 0.15) is 30.6 Å². The van der Waals surface area contributed by atoms with Gasteiger partial charge in [0.2, 0.25) is 0 Å². The summed E-state index contributed by atoms with van der Waals surface area (Å²) in [5, 5.41) is 5.96. The lowest BCUT2D eigenvalue weighted by Gasteiger charge is -2.14. The molecule has 0 spiro atoms. The maximum Gasteiger partial charge on any atom is 0.0294 e. The quantitative estimate of drug-likeness (QED) is 0.513. The van der Waals surface area contributed by atoms with E-state index in [0.29, 0.717) is 5.25 Å². The summed E-state index contributed by atoms with van der Waals surface area (Å²) in [6.07, 6.45) is 4.70. The SMILES string of the molecule is CCCC(SC)c1ccc2cc3ccccc3cc2c1. The molecule has 0 radical (unpaired) electrons. The summed E-state index contributed by atoms with van der Waals surface area (Å²) in [4.78, 5) is 0. The summed E-state index contributed by atoms with van der Waals surface area (Å²) < 4.78 is 0. The van der Waals surface area contributed by atoms with Gasteiger partial charge in [0.05, 0.1) is 0 Å². The van der Waals surface area contributed by atoms with Crippen LogP contribution in [0.25, 0.3) is 21.5 Å². The normalized spacial score (nSPS) is 12.9. The predicted molar refractivity (Wildman–Crippen MR) is 92.6 cm³/mol. The van der Waals surface area contributed by atoms with E-state index in [1.807, 2.05) is 11.8 Å². The van der Waals surface area contributed by atoms with Crippen molar-refractivity contribution < 1.29 is 0 Å². The van der Waals surface area contributed by atoms with E-state index in [1.54, 1.807) is 0 Å². The molecule has 0 saturated carbocycles. The lowest BCUT2D eigenvalue weighted by molar-refractivity contribution is 0.781. The fourth-order valence-electron chi connectivity index (χ4n) is 2.84. The monoisotopic (exact) mass is 280 g/mol. The lowest BCUT2D eigenvalue weighted by atomic mass is 9.99. The summed E-state index contributed by atoms with van der Waals surface area (Å²) in [6, 6.07) is 20.2. The molecule has 0 aromatic heterocycles. The molecular formula is C19H20S. The Kier molecular flexibility index (Phi) is 3.98. The largest absolute Gasteiger partial charge is 0.157 e. The molecule has 0 nitrogen and oxygen atoms in total. The first-order valence-corrected chi connectivity index (χ1v) is 8.56. The van der Waals surface area contributed by atoms with Crippen LogP contribution in [0, 0.1) is 0 Å². The molecule has 0 amide bonds. The predicted octanol–water partition coefficient (Wildman–Crippen LogP) is 6.20. The van der Waals surface area contributed by atoms with Gasteiger partial charge >= 0.3 is 0 Å². The van der Waals surface area contributed by atoms with E-state index in [1.165, 1.54) is 39.9 Å². The molecule has 0 fully saturated rings. The van der Waals surface area contributed by atoms with Crippen LogP contribution in [-0.4, -0.2) is 6.26 Å². The minimum Gasteiger partial charge on any atom is -0.157 e. The van der Waals surface area contributed by atoms with Crippen molar-refractivity contribution in [1.29, 1.82) is 0 Å². The van der Waals surface area contributed by atoms with Crippen molar-refractivity contribution in [3.8, 4) is 0 Å². The third kappa shape index (κ3) is 2.55. The third-order valence-corrected chi connectivity index (χ3v) is 5.01. The standard InChI is InChI=1S/C19H20S/c1-3-6-19(20-2)17-10-9-16-11-14-7-4-5-8-15(14)12-18(16)13-17/h4-5,7-13,19H,3,6H2,1-2H3. The number of benzene rings is 3. The maximum absolute atomic E-state index is 2.37. The van der Waals surface area contributed by atoms with Gasteiger partial charge in [0.15, 0.2) is 0 Å². The Morgan fingerprint density at radius 2 is 1.50 bits per heavy atom. The molecule has 1 unspecified atom stereocenters. The third-order valence-electron chi connectivity index (χ3n) is 3.94. The summed E-state index contributed by atoms with van der Waals surface area (Å²) in [5.74, 6) is 0. The average molecular weight is 280 g/mol. The Balaban J connectivity index is 2.12. The van der Waals surface area contributed by atoms with Gasteiger partial charge in [-0.05, 0) is 51.9 Å². The van der Waals surface area contributed by atoms with Gasteiger partial charge < -0.3 is 0 Å². The van der Waals surface area contributed by atoms with Gasteiger partial charge in [-0.15, -0.1) is 0 Å². The van der Waals surface area contributed by atoms with E-state index in [-0.39, 0.29) is 0 Å². The molecule has 1 atom stereocenters. The van der Waals surface area contributed by atoms with Crippen LogP contribution in [0.15, 0.2) is 54.6 Å². The molecular weight excluding hydrogens is 260 g/mol. The van der Waals surface area contributed by atoms with E-state index < -0.39 is 0 Å². The molecule has 102 valence electrons. The zero-order valence-electron chi connectivity index (χ0n) is 12.1. The summed E-state index contributed by atoms with van der Waals surface area (Å²) in [7, 11) is 0. The highest BCUT2D eigenvalue weighted by Crippen LogP contribution is 2.33. The van der Waals surface area contributed by atoms with Crippen molar-refractivity contribution in [3.05, 3.63) is 60.2 Å². The molecule has 0 saturated heterocycles. The average Bonchev–Trinajstić information content (AvgIpc) is 2.50. The second-order valence-electron chi connectivity index (χ2n) is 5.32. The topological polar surface area (TPSA) is 0 Å². The summed E-state index contributed by atoms with van der Waals surface area (Å²) in [6.45, 7) is 2.26. The molecule has 3 aromatic rings. The van der Waals surface area contributed by atoms with Crippen LogP contribution in [0.3, 0.4) is 0 Å². The molecule has 3 rings (SSSR count). The van der Waals surface area contributed by atoms with E-state index in [2.05, 4.69) is 67.8 Å². The smallest absolute Gasteiger partial charge is 0.0294 e. The van der Waals surface area contributed by atoms with Crippen molar-refractivity contribution in [2.45, 2.75) is 25.0 Å². The highest BCUT2D eigenvalue weighted by atomic mass is 32.2. The molecule has 3 aromatic carbocycles. The number of hydrogen-bond donors (Lipinski definition) is 0. The number of thioether (sulfide) groups is 1. The molecule has 0 aliphatic rings. The van der Waals surface area contributed by atoms with Crippen LogP contribution in [0.2, 0.25) is 0 Å².